The zero-order chi connectivity index (χ0) is 11.8. The lowest BCUT2D eigenvalue weighted by Gasteiger charge is -2.00. The largest absolute Gasteiger partial charge is 0.380 e. The average molecular weight is 241 g/mol. The van der Waals surface area contributed by atoms with Crippen molar-refractivity contribution in [1.29, 1.82) is 0 Å². The predicted octanol–water partition coefficient (Wildman–Crippen LogP) is 1.87. The second-order valence-corrected chi connectivity index (χ2v) is 3.48. The van der Waals surface area contributed by atoms with Gasteiger partial charge in [0.2, 0.25) is 0 Å². The first-order valence-corrected chi connectivity index (χ1v) is 5.42. The number of benzene rings is 1. The fourth-order valence-corrected chi connectivity index (χ4v) is 1.15. The molecule has 0 aliphatic heterocycles. The summed E-state index contributed by atoms with van der Waals surface area (Å²) in [4.78, 5) is 15.7. The number of hydrogen-bond acceptors (Lipinski definition) is 3. The maximum Gasteiger partial charge on any atom is 0.335 e. The molecule has 4 nitrogen and oxygen atoms in total. The van der Waals surface area contributed by atoms with E-state index < -0.39 is 5.97 Å². The van der Waals surface area contributed by atoms with Gasteiger partial charge < -0.3 is 10.6 Å². The molecule has 0 bridgehead atoms. The molecule has 0 fully saturated rings. The molecule has 5 heteroatoms. The highest BCUT2D eigenvalue weighted by molar-refractivity contribution is 6.17. The van der Waals surface area contributed by atoms with Crippen LogP contribution in [0.5, 0.6) is 0 Å². The van der Waals surface area contributed by atoms with Crippen LogP contribution in [0.1, 0.15) is 18.4 Å². The molecule has 1 aromatic rings. The van der Waals surface area contributed by atoms with Crippen LogP contribution in [0, 0.1) is 0 Å². The van der Waals surface area contributed by atoms with Crippen molar-refractivity contribution in [2.45, 2.75) is 12.8 Å². The van der Waals surface area contributed by atoms with Crippen LogP contribution in [0.15, 0.2) is 35.5 Å². The van der Waals surface area contributed by atoms with Crippen LogP contribution in [0.25, 0.3) is 0 Å². The van der Waals surface area contributed by atoms with Crippen molar-refractivity contribution >= 4 is 23.4 Å². The fourth-order valence-electron chi connectivity index (χ4n) is 1.02. The molecule has 86 valence electrons. The molecular formula is C11H13ClN2O2. The molecule has 0 aromatic heterocycles. The Labute approximate surface area is 99.0 Å². The lowest BCUT2D eigenvalue weighted by atomic mass is 10.2. The van der Waals surface area contributed by atoms with E-state index in [1.165, 1.54) is 0 Å². The molecule has 0 amide bonds. The van der Waals surface area contributed by atoms with Gasteiger partial charge in [0.05, 0.1) is 0 Å². The normalized spacial score (nSPS) is 11.2. The summed E-state index contributed by atoms with van der Waals surface area (Å²) in [5.41, 5.74) is 6.33. The number of hydrogen-bond donors (Lipinski definition) is 1. The van der Waals surface area contributed by atoms with E-state index in [4.69, 9.17) is 17.3 Å². The first-order valence-electron chi connectivity index (χ1n) is 4.88. The molecule has 0 aliphatic rings. The number of nitrogens with zero attached hydrogens (tertiary/aromatic N) is 1. The maximum atomic E-state index is 11.1. The summed E-state index contributed by atoms with van der Waals surface area (Å²) in [6, 6.07) is 9.08. The zero-order valence-electron chi connectivity index (χ0n) is 8.73. The summed E-state index contributed by atoms with van der Waals surface area (Å²) >= 11 is 5.44. The number of amidine groups is 1. The van der Waals surface area contributed by atoms with E-state index in [-0.39, 0.29) is 12.3 Å². The van der Waals surface area contributed by atoms with Gasteiger partial charge >= 0.3 is 5.97 Å². The van der Waals surface area contributed by atoms with Gasteiger partial charge in [0.15, 0.2) is 5.84 Å². The van der Waals surface area contributed by atoms with Gasteiger partial charge in [-0.15, -0.1) is 11.6 Å². The molecule has 1 rings (SSSR count). The Morgan fingerprint density at radius 3 is 2.69 bits per heavy atom. The van der Waals surface area contributed by atoms with Gasteiger partial charge in [0.1, 0.15) is 0 Å². The standard InChI is InChI=1S/C11H13ClN2O2/c12-8-4-7-10(15)16-14-11(13)9-5-2-1-3-6-9/h1-3,5-6H,4,7-8H2,(H2,13,14). The van der Waals surface area contributed by atoms with Crippen LogP contribution in [0.4, 0.5) is 0 Å². The van der Waals surface area contributed by atoms with E-state index in [0.717, 1.165) is 0 Å². The molecule has 1 aromatic carbocycles. The number of carbonyl (C=O) groups excluding carboxylic acids is 1. The average Bonchev–Trinajstić information content (AvgIpc) is 2.34. The monoisotopic (exact) mass is 240 g/mol. The van der Waals surface area contributed by atoms with E-state index in [0.29, 0.717) is 17.9 Å². The Morgan fingerprint density at radius 1 is 1.38 bits per heavy atom. The molecule has 0 saturated heterocycles. The van der Waals surface area contributed by atoms with Crippen molar-refractivity contribution in [3.8, 4) is 0 Å². The molecule has 2 N–H and O–H groups in total. The van der Waals surface area contributed by atoms with E-state index >= 15 is 0 Å². The Morgan fingerprint density at radius 2 is 2.06 bits per heavy atom. The third-order valence-corrected chi connectivity index (χ3v) is 2.10. The van der Waals surface area contributed by atoms with E-state index in [1.54, 1.807) is 12.1 Å². The summed E-state index contributed by atoms with van der Waals surface area (Å²) in [6.45, 7) is 0. The Hall–Kier alpha value is -1.55. The molecule has 0 radical (unpaired) electrons. The lowest BCUT2D eigenvalue weighted by Crippen LogP contribution is -2.15. The summed E-state index contributed by atoms with van der Waals surface area (Å²) in [5, 5.41) is 3.55. The van der Waals surface area contributed by atoms with Crippen LogP contribution >= 0.6 is 11.6 Å². The maximum absolute atomic E-state index is 11.1. The molecular weight excluding hydrogens is 228 g/mol. The number of carbonyl (C=O) groups is 1. The SMILES string of the molecule is NC(=NOC(=O)CCCCl)c1ccccc1. The second kappa shape index (κ2) is 6.85. The summed E-state index contributed by atoms with van der Waals surface area (Å²) in [6.07, 6.45) is 0.816. The zero-order valence-corrected chi connectivity index (χ0v) is 9.48. The summed E-state index contributed by atoms with van der Waals surface area (Å²) in [7, 11) is 0. The van der Waals surface area contributed by atoms with Crippen LogP contribution in [-0.2, 0) is 9.63 Å². The molecule has 0 spiro atoms. The highest BCUT2D eigenvalue weighted by Crippen LogP contribution is 1.99. The van der Waals surface area contributed by atoms with Crippen molar-refractivity contribution in [3.63, 3.8) is 0 Å². The van der Waals surface area contributed by atoms with Crippen LogP contribution in [0.2, 0.25) is 0 Å². The minimum atomic E-state index is -0.431. The van der Waals surface area contributed by atoms with Crippen LogP contribution in [-0.4, -0.2) is 17.7 Å². The molecule has 0 heterocycles. The van der Waals surface area contributed by atoms with Gasteiger partial charge in [0.25, 0.3) is 0 Å². The van der Waals surface area contributed by atoms with Gasteiger partial charge in [-0.1, -0.05) is 35.5 Å². The third kappa shape index (κ3) is 4.31. The Balaban J connectivity index is 2.48. The van der Waals surface area contributed by atoms with Gasteiger partial charge in [-0.25, -0.2) is 4.79 Å². The highest BCUT2D eigenvalue weighted by Gasteiger charge is 2.03. The van der Waals surface area contributed by atoms with E-state index in [2.05, 4.69) is 9.99 Å². The molecule has 0 saturated carbocycles. The fraction of sp³-hybridized carbons (Fsp3) is 0.273. The smallest absolute Gasteiger partial charge is 0.335 e. The molecule has 0 unspecified atom stereocenters. The number of oxime groups is 1. The van der Waals surface area contributed by atoms with Crippen molar-refractivity contribution in [3.05, 3.63) is 35.9 Å². The second-order valence-electron chi connectivity index (χ2n) is 3.10. The summed E-state index contributed by atoms with van der Waals surface area (Å²) in [5.74, 6) is 0.173. The van der Waals surface area contributed by atoms with Crippen molar-refractivity contribution < 1.29 is 9.63 Å². The topological polar surface area (TPSA) is 64.7 Å². The van der Waals surface area contributed by atoms with E-state index in [9.17, 15) is 4.79 Å². The van der Waals surface area contributed by atoms with Crippen molar-refractivity contribution in [2.24, 2.45) is 10.9 Å². The van der Waals surface area contributed by atoms with Crippen molar-refractivity contribution in [2.75, 3.05) is 5.88 Å². The van der Waals surface area contributed by atoms with Crippen molar-refractivity contribution in [1.82, 2.24) is 0 Å². The third-order valence-electron chi connectivity index (χ3n) is 1.83. The van der Waals surface area contributed by atoms with Gasteiger partial charge in [-0.05, 0) is 6.42 Å². The van der Waals surface area contributed by atoms with E-state index in [1.807, 2.05) is 18.2 Å². The molecule has 0 atom stereocenters. The first-order chi connectivity index (χ1) is 7.74. The number of alkyl halides is 1. The summed E-state index contributed by atoms with van der Waals surface area (Å²) < 4.78 is 0. The quantitative estimate of drug-likeness (QED) is 0.281. The predicted molar refractivity (Wildman–Crippen MR) is 63.2 cm³/mol. The lowest BCUT2D eigenvalue weighted by molar-refractivity contribution is -0.143. The highest BCUT2D eigenvalue weighted by atomic mass is 35.5. The number of halogens is 1. The number of nitrogens with two attached hydrogens (primary N) is 1. The van der Waals surface area contributed by atoms with Crippen LogP contribution < -0.4 is 5.73 Å². The van der Waals surface area contributed by atoms with Gasteiger partial charge in [-0.2, -0.15) is 0 Å². The minimum absolute atomic E-state index is 0.180. The van der Waals surface area contributed by atoms with Gasteiger partial charge in [0, 0.05) is 17.9 Å². The van der Waals surface area contributed by atoms with Crippen LogP contribution in [0.3, 0.4) is 0 Å². The first kappa shape index (κ1) is 12.5. The number of rotatable bonds is 5. The minimum Gasteiger partial charge on any atom is -0.380 e. The molecule has 0 aliphatic carbocycles. The molecule has 16 heavy (non-hydrogen) atoms. The van der Waals surface area contributed by atoms with Gasteiger partial charge in [-0.3, -0.25) is 0 Å². The Kier molecular flexibility index (Phi) is 5.36. The Bertz CT molecular complexity index is 366.